The molecule has 0 fully saturated rings. The smallest absolute Gasteiger partial charge is 0.0617 e. The Labute approximate surface area is 76.7 Å². The zero-order chi connectivity index (χ0) is 9.40. The van der Waals surface area contributed by atoms with E-state index in [4.69, 9.17) is 4.74 Å². The molecule has 0 bridgehead atoms. The molecule has 0 aliphatic heterocycles. The number of hydrogen-bond acceptors (Lipinski definition) is 2. The molecule has 0 spiro atoms. The van der Waals surface area contributed by atoms with Gasteiger partial charge in [-0.15, -0.1) is 0 Å². The summed E-state index contributed by atoms with van der Waals surface area (Å²) in [5.74, 6) is 0.642. The molecule has 0 aliphatic carbocycles. The van der Waals surface area contributed by atoms with E-state index in [-0.39, 0.29) is 0 Å². The van der Waals surface area contributed by atoms with Crippen molar-refractivity contribution in [2.75, 3.05) is 19.8 Å². The fourth-order valence-electron chi connectivity index (χ4n) is 0.930. The Bertz CT molecular complexity index is 93.8. The molecule has 0 aromatic rings. The van der Waals surface area contributed by atoms with Crippen LogP contribution in [0.25, 0.3) is 0 Å². The zero-order valence-corrected chi connectivity index (χ0v) is 8.89. The molecule has 2 nitrogen and oxygen atoms in total. The predicted octanol–water partition coefficient (Wildman–Crippen LogP) is 2.05. The van der Waals surface area contributed by atoms with E-state index in [1.165, 1.54) is 6.42 Å². The molecule has 0 aromatic carbocycles. The lowest BCUT2D eigenvalue weighted by molar-refractivity contribution is 0.0940. The van der Waals surface area contributed by atoms with E-state index in [0.29, 0.717) is 12.0 Å². The Morgan fingerprint density at radius 1 is 1.17 bits per heavy atom. The first-order valence-electron chi connectivity index (χ1n) is 4.98. The van der Waals surface area contributed by atoms with Gasteiger partial charge in [-0.2, -0.15) is 0 Å². The second-order valence-electron chi connectivity index (χ2n) is 3.79. The third kappa shape index (κ3) is 8.02. The van der Waals surface area contributed by atoms with Gasteiger partial charge in [0.25, 0.3) is 0 Å². The van der Waals surface area contributed by atoms with Gasteiger partial charge in [0.2, 0.25) is 0 Å². The minimum Gasteiger partial charge on any atom is -0.380 e. The first-order chi connectivity index (χ1) is 5.66. The maximum atomic E-state index is 5.49. The molecule has 74 valence electrons. The van der Waals surface area contributed by atoms with Crippen molar-refractivity contribution in [2.45, 2.75) is 40.2 Å². The Morgan fingerprint density at radius 2 is 1.83 bits per heavy atom. The summed E-state index contributed by atoms with van der Waals surface area (Å²) >= 11 is 0. The van der Waals surface area contributed by atoms with E-state index in [1.807, 2.05) is 0 Å². The first-order valence-corrected chi connectivity index (χ1v) is 4.98. The SMILES string of the molecule is CCCNC(C)COCC(C)C. The molecular formula is C10H23NO. The van der Waals surface area contributed by atoms with Crippen molar-refractivity contribution in [3.05, 3.63) is 0 Å². The van der Waals surface area contributed by atoms with Crippen molar-refractivity contribution < 1.29 is 4.74 Å². The highest BCUT2D eigenvalue weighted by atomic mass is 16.5. The van der Waals surface area contributed by atoms with E-state index in [1.54, 1.807) is 0 Å². The predicted molar refractivity (Wildman–Crippen MR) is 53.4 cm³/mol. The molecule has 1 unspecified atom stereocenters. The van der Waals surface area contributed by atoms with Crippen LogP contribution >= 0.6 is 0 Å². The zero-order valence-electron chi connectivity index (χ0n) is 8.89. The molecule has 12 heavy (non-hydrogen) atoms. The van der Waals surface area contributed by atoms with Crippen LogP contribution in [0.5, 0.6) is 0 Å². The summed E-state index contributed by atoms with van der Waals surface area (Å²) < 4.78 is 5.49. The molecule has 0 amide bonds. The lowest BCUT2D eigenvalue weighted by Gasteiger charge is -2.14. The van der Waals surface area contributed by atoms with E-state index in [0.717, 1.165) is 19.8 Å². The van der Waals surface area contributed by atoms with Crippen LogP contribution in [-0.4, -0.2) is 25.8 Å². The Morgan fingerprint density at radius 3 is 2.33 bits per heavy atom. The third-order valence-electron chi connectivity index (χ3n) is 1.56. The van der Waals surface area contributed by atoms with Crippen LogP contribution in [0.4, 0.5) is 0 Å². The fraction of sp³-hybridized carbons (Fsp3) is 1.00. The summed E-state index contributed by atoms with van der Waals surface area (Å²) in [4.78, 5) is 0. The summed E-state index contributed by atoms with van der Waals surface area (Å²) in [7, 11) is 0. The van der Waals surface area contributed by atoms with Gasteiger partial charge < -0.3 is 10.1 Å². The molecule has 1 N–H and O–H groups in total. The molecule has 2 heteroatoms. The Balaban J connectivity index is 3.13. The van der Waals surface area contributed by atoms with Crippen LogP contribution in [0.15, 0.2) is 0 Å². The molecule has 0 radical (unpaired) electrons. The third-order valence-corrected chi connectivity index (χ3v) is 1.56. The van der Waals surface area contributed by atoms with Crippen LogP contribution in [0.2, 0.25) is 0 Å². The van der Waals surface area contributed by atoms with Gasteiger partial charge in [-0.3, -0.25) is 0 Å². The van der Waals surface area contributed by atoms with E-state index in [2.05, 4.69) is 33.0 Å². The average molecular weight is 173 g/mol. The summed E-state index contributed by atoms with van der Waals surface area (Å²) in [6.45, 7) is 11.5. The Hall–Kier alpha value is -0.0800. The molecule has 0 saturated carbocycles. The fourth-order valence-corrected chi connectivity index (χ4v) is 0.930. The highest BCUT2D eigenvalue weighted by molar-refractivity contribution is 4.58. The average Bonchev–Trinajstić information content (AvgIpc) is 2.00. The summed E-state index contributed by atoms with van der Waals surface area (Å²) in [5, 5.41) is 3.38. The minimum absolute atomic E-state index is 0.490. The lowest BCUT2D eigenvalue weighted by atomic mass is 10.2. The van der Waals surface area contributed by atoms with E-state index < -0.39 is 0 Å². The van der Waals surface area contributed by atoms with Crippen LogP contribution in [0, 0.1) is 5.92 Å². The van der Waals surface area contributed by atoms with Crippen LogP contribution in [0.1, 0.15) is 34.1 Å². The van der Waals surface area contributed by atoms with Crippen molar-refractivity contribution in [3.8, 4) is 0 Å². The minimum atomic E-state index is 0.490. The van der Waals surface area contributed by atoms with Crippen LogP contribution in [-0.2, 0) is 4.74 Å². The highest BCUT2D eigenvalue weighted by Gasteiger charge is 2.00. The van der Waals surface area contributed by atoms with Gasteiger partial charge in [0.1, 0.15) is 0 Å². The van der Waals surface area contributed by atoms with E-state index in [9.17, 15) is 0 Å². The first kappa shape index (κ1) is 11.9. The van der Waals surface area contributed by atoms with E-state index >= 15 is 0 Å². The second kappa shape index (κ2) is 7.56. The monoisotopic (exact) mass is 173 g/mol. The molecule has 0 rings (SSSR count). The summed E-state index contributed by atoms with van der Waals surface area (Å²) in [5.41, 5.74) is 0. The number of nitrogens with one attached hydrogen (secondary N) is 1. The molecule has 0 saturated heterocycles. The topological polar surface area (TPSA) is 21.3 Å². The van der Waals surface area contributed by atoms with Gasteiger partial charge >= 0.3 is 0 Å². The molecule has 0 heterocycles. The van der Waals surface area contributed by atoms with Gasteiger partial charge in [-0.1, -0.05) is 20.8 Å². The molecule has 1 atom stereocenters. The number of ether oxygens (including phenoxy) is 1. The van der Waals surface area contributed by atoms with Gasteiger partial charge in [0, 0.05) is 12.6 Å². The summed E-state index contributed by atoms with van der Waals surface area (Å²) in [6.07, 6.45) is 1.19. The number of hydrogen-bond donors (Lipinski definition) is 1. The maximum absolute atomic E-state index is 5.49. The molecular weight excluding hydrogens is 150 g/mol. The maximum Gasteiger partial charge on any atom is 0.0617 e. The molecule has 0 aromatic heterocycles. The van der Waals surface area contributed by atoms with Crippen molar-refractivity contribution in [3.63, 3.8) is 0 Å². The second-order valence-corrected chi connectivity index (χ2v) is 3.79. The van der Waals surface area contributed by atoms with Gasteiger partial charge in [0.15, 0.2) is 0 Å². The largest absolute Gasteiger partial charge is 0.380 e. The Kier molecular flexibility index (Phi) is 7.51. The van der Waals surface area contributed by atoms with Gasteiger partial charge in [-0.25, -0.2) is 0 Å². The van der Waals surface area contributed by atoms with Crippen molar-refractivity contribution in [1.82, 2.24) is 5.32 Å². The highest BCUT2D eigenvalue weighted by Crippen LogP contribution is 1.93. The standard InChI is InChI=1S/C10H23NO/c1-5-6-11-10(4)8-12-7-9(2)3/h9-11H,5-8H2,1-4H3. The van der Waals surface area contributed by atoms with Crippen LogP contribution < -0.4 is 5.32 Å². The lowest BCUT2D eigenvalue weighted by Crippen LogP contribution is -2.31. The van der Waals surface area contributed by atoms with Crippen molar-refractivity contribution in [2.24, 2.45) is 5.92 Å². The quantitative estimate of drug-likeness (QED) is 0.636. The summed E-state index contributed by atoms with van der Waals surface area (Å²) in [6, 6.07) is 0.490. The molecule has 0 aliphatic rings. The van der Waals surface area contributed by atoms with Gasteiger partial charge in [0.05, 0.1) is 6.61 Å². The number of rotatable bonds is 7. The van der Waals surface area contributed by atoms with Crippen LogP contribution in [0.3, 0.4) is 0 Å². The van der Waals surface area contributed by atoms with Crippen molar-refractivity contribution >= 4 is 0 Å². The van der Waals surface area contributed by atoms with Crippen molar-refractivity contribution in [1.29, 1.82) is 0 Å². The van der Waals surface area contributed by atoms with Gasteiger partial charge in [-0.05, 0) is 25.8 Å². The normalized spacial score (nSPS) is 13.8.